The van der Waals surface area contributed by atoms with E-state index < -0.39 is 21.3 Å². The molecular formula is C7H11F2O3S-. The summed E-state index contributed by atoms with van der Waals surface area (Å²) in [4.78, 5) is 0. The Morgan fingerprint density at radius 2 is 1.62 bits per heavy atom. The molecule has 1 aliphatic carbocycles. The molecule has 0 aromatic carbocycles. The molecule has 0 atom stereocenters. The zero-order valence-corrected chi connectivity index (χ0v) is 7.82. The third-order valence-corrected chi connectivity index (χ3v) is 3.41. The Balaban J connectivity index is 2.79. The van der Waals surface area contributed by atoms with Crippen LogP contribution in [0.4, 0.5) is 8.78 Å². The lowest BCUT2D eigenvalue weighted by Gasteiger charge is -2.31. The van der Waals surface area contributed by atoms with Gasteiger partial charge in [-0.1, -0.05) is 19.3 Å². The minimum atomic E-state index is -5.49. The van der Waals surface area contributed by atoms with Gasteiger partial charge in [-0.3, -0.25) is 0 Å². The summed E-state index contributed by atoms with van der Waals surface area (Å²) >= 11 is 0. The maximum Gasteiger partial charge on any atom is 0.337 e. The van der Waals surface area contributed by atoms with Gasteiger partial charge in [-0.2, -0.15) is 8.78 Å². The van der Waals surface area contributed by atoms with Crippen LogP contribution in [0.2, 0.25) is 0 Å². The number of rotatable bonds is 2. The lowest BCUT2D eigenvalue weighted by atomic mass is 9.89. The average Bonchev–Trinajstić information content (AvgIpc) is 2.04. The molecule has 0 amide bonds. The Labute approximate surface area is 75.9 Å². The van der Waals surface area contributed by atoms with E-state index in [2.05, 4.69) is 0 Å². The molecule has 0 heterocycles. The van der Waals surface area contributed by atoms with E-state index in [1.54, 1.807) is 0 Å². The van der Waals surface area contributed by atoms with Gasteiger partial charge < -0.3 is 4.55 Å². The molecule has 0 saturated heterocycles. The second kappa shape index (κ2) is 3.49. The van der Waals surface area contributed by atoms with E-state index in [-0.39, 0.29) is 12.8 Å². The lowest BCUT2D eigenvalue weighted by molar-refractivity contribution is 0.000366. The summed E-state index contributed by atoms with van der Waals surface area (Å²) in [5, 5.41) is -4.08. The van der Waals surface area contributed by atoms with Crippen LogP contribution in [-0.4, -0.2) is 18.2 Å². The van der Waals surface area contributed by atoms with Crippen molar-refractivity contribution in [2.45, 2.75) is 37.4 Å². The van der Waals surface area contributed by atoms with Crippen molar-refractivity contribution in [3.05, 3.63) is 0 Å². The van der Waals surface area contributed by atoms with Crippen molar-refractivity contribution >= 4 is 10.1 Å². The van der Waals surface area contributed by atoms with Crippen LogP contribution in [0.1, 0.15) is 32.1 Å². The highest BCUT2D eigenvalue weighted by Gasteiger charge is 2.46. The summed E-state index contributed by atoms with van der Waals surface area (Å²) in [7, 11) is -5.49. The zero-order valence-electron chi connectivity index (χ0n) is 7.00. The molecule has 0 spiro atoms. The first-order valence-electron chi connectivity index (χ1n) is 4.19. The normalized spacial score (nSPS) is 21.8. The summed E-state index contributed by atoms with van der Waals surface area (Å²) in [6, 6.07) is 0. The topological polar surface area (TPSA) is 57.2 Å². The Bertz CT molecular complexity index is 267. The standard InChI is InChI=1S/C7H12F2O3S/c8-7(9,13(10,11)12)6-4-2-1-3-5-6/h6H,1-5H2,(H,10,11,12)/p-1. The fourth-order valence-corrected chi connectivity index (χ4v) is 2.29. The van der Waals surface area contributed by atoms with Gasteiger partial charge in [0.2, 0.25) is 0 Å². The summed E-state index contributed by atoms with van der Waals surface area (Å²) in [6.45, 7) is 0. The molecule has 0 N–H and O–H groups in total. The molecule has 0 aromatic rings. The maximum absolute atomic E-state index is 12.9. The van der Waals surface area contributed by atoms with E-state index in [0.717, 1.165) is 6.42 Å². The Morgan fingerprint density at radius 3 is 2.00 bits per heavy atom. The largest absolute Gasteiger partial charge is 0.743 e. The second-order valence-electron chi connectivity index (χ2n) is 3.35. The van der Waals surface area contributed by atoms with Gasteiger partial charge in [0.15, 0.2) is 10.1 Å². The predicted octanol–water partition coefficient (Wildman–Crippen LogP) is 1.70. The van der Waals surface area contributed by atoms with E-state index in [0.29, 0.717) is 12.8 Å². The fourth-order valence-electron chi connectivity index (χ4n) is 1.64. The molecule has 13 heavy (non-hydrogen) atoms. The zero-order chi connectivity index (χ0) is 10.1. The number of halogens is 2. The van der Waals surface area contributed by atoms with Crippen molar-refractivity contribution in [2.75, 3.05) is 0 Å². The van der Waals surface area contributed by atoms with Gasteiger partial charge in [0.05, 0.1) is 0 Å². The number of alkyl halides is 2. The molecule has 1 rings (SSSR count). The van der Waals surface area contributed by atoms with Crippen LogP contribution in [0, 0.1) is 5.92 Å². The molecule has 1 saturated carbocycles. The molecule has 0 radical (unpaired) electrons. The molecule has 0 aliphatic heterocycles. The Hall–Kier alpha value is -0.230. The van der Waals surface area contributed by atoms with E-state index in [9.17, 15) is 21.8 Å². The van der Waals surface area contributed by atoms with Crippen LogP contribution in [0.15, 0.2) is 0 Å². The van der Waals surface area contributed by atoms with Crippen molar-refractivity contribution in [3.8, 4) is 0 Å². The van der Waals surface area contributed by atoms with Crippen LogP contribution >= 0.6 is 0 Å². The van der Waals surface area contributed by atoms with Crippen molar-refractivity contribution in [1.82, 2.24) is 0 Å². The van der Waals surface area contributed by atoms with E-state index in [1.165, 1.54) is 0 Å². The van der Waals surface area contributed by atoms with Crippen LogP contribution in [0.3, 0.4) is 0 Å². The average molecular weight is 213 g/mol. The first-order valence-corrected chi connectivity index (χ1v) is 5.60. The Kier molecular flexibility index (Phi) is 2.91. The highest BCUT2D eigenvalue weighted by Crippen LogP contribution is 2.39. The maximum atomic E-state index is 12.9. The third-order valence-electron chi connectivity index (χ3n) is 2.41. The van der Waals surface area contributed by atoms with Gasteiger partial charge in [0.25, 0.3) is 0 Å². The third kappa shape index (κ3) is 2.17. The predicted molar refractivity (Wildman–Crippen MR) is 41.2 cm³/mol. The number of hydrogen-bond donors (Lipinski definition) is 0. The smallest absolute Gasteiger partial charge is 0.337 e. The summed E-state index contributed by atoms with van der Waals surface area (Å²) in [6.07, 6.45) is 2.26. The van der Waals surface area contributed by atoms with Crippen LogP contribution in [0.25, 0.3) is 0 Å². The summed E-state index contributed by atoms with van der Waals surface area (Å²) < 4.78 is 56.6. The van der Waals surface area contributed by atoms with Gasteiger partial charge in [0, 0.05) is 5.92 Å². The van der Waals surface area contributed by atoms with Crippen LogP contribution in [0.5, 0.6) is 0 Å². The first-order chi connectivity index (χ1) is 5.86. The molecule has 1 fully saturated rings. The molecule has 0 unspecified atom stereocenters. The van der Waals surface area contributed by atoms with Crippen molar-refractivity contribution in [2.24, 2.45) is 5.92 Å². The second-order valence-corrected chi connectivity index (χ2v) is 4.80. The minimum absolute atomic E-state index is 0.133. The summed E-state index contributed by atoms with van der Waals surface area (Å²) in [5.74, 6) is -1.27. The minimum Gasteiger partial charge on any atom is -0.743 e. The molecule has 78 valence electrons. The van der Waals surface area contributed by atoms with Crippen molar-refractivity contribution in [3.63, 3.8) is 0 Å². The molecule has 3 nitrogen and oxygen atoms in total. The first kappa shape index (κ1) is 10.8. The SMILES string of the molecule is O=S(=O)([O-])C(F)(F)C1CCCCC1. The van der Waals surface area contributed by atoms with E-state index in [1.807, 2.05) is 0 Å². The van der Waals surface area contributed by atoms with Gasteiger partial charge in [-0.25, -0.2) is 8.42 Å². The van der Waals surface area contributed by atoms with E-state index >= 15 is 0 Å². The monoisotopic (exact) mass is 213 g/mol. The van der Waals surface area contributed by atoms with Crippen LogP contribution < -0.4 is 0 Å². The highest BCUT2D eigenvalue weighted by molar-refractivity contribution is 7.86. The summed E-state index contributed by atoms with van der Waals surface area (Å²) in [5.41, 5.74) is 0. The molecular weight excluding hydrogens is 202 g/mol. The van der Waals surface area contributed by atoms with Crippen LogP contribution in [-0.2, 0) is 10.1 Å². The molecule has 6 heteroatoms. The van der Waals surface area contributed by atoms with Crippen molar-refractivity contribution in [1.29, 1.82) is 0 Å². The van der Waals surface area contributed by atoms with Gasteiger partial charge in [0.1, 0.15) is 0 Å². The fraction of sp³-hybridized carbons (Fsp3) is 1.00. The lowest BCUT2D eigenvalue weighted by Crippen LogP contribution is -2.38. The quantitative estimate of drug-likeness (QED) is 0.656. The molecule has 0 aromatic heterocycles. The van der Waals surface area contributed by atoms with Gasteiger partial charge in [-0.05, 0) is 12.8 Å². The van der Waals surface area contributed by atoms with Crippen molar-refractivity contribution < 1.29 is 21.8 Å². The molecule has 0 bridgehead atoms. The highest BCUT2D eigenvalue weighted by atomic mass is 32.2. The van der Waals surface area contributed by atoms with E-state index in [4.69, 9.17) is 0 Å². The molecule has 1 aliphatic rings. The van der Waals surface area contributed by atoms with Gasteiger partial charge in [-0.15, -0.1) is 0 Å². The Morgan fingerprint density at radius 1 is 1.15 bits per heavy atom. The number of hydrogen-bond acceptors (Lipinski definition) is 3. The van der Waals surface area contributed by atoms with Gasteiger partial charge >= 0.3 is 5.25 Å².